The van der Waals surface area contributed by atoms with Crippen molar-refractivity contribution in [3.8, 4) is 6.07 Å². The molecule has 2 aromatic rings. The van der Waals surface area contributed by atoms with Crippen molar-refractivity contribution in [3.63, 3.8) is 0 Å². The third-order valence-corrected chi connectivity index (χ3v) is 7.90. The number of esters is 1. The third kappa shape index (κ3) is 7.43. The molecule has 1 aliphatic heterocycles. The molecule has 12 heteroatoms. The minimum absolute atomic E-state index is 0.0921. The topological polar surface area (TPSA) is 117 Å². The molecule has 9 nitrogen and oxygen atoms in total. The minimum Gasteiger partial charge on any atom is -0.461 e. The summed E-state index contributed by atoms with van der Waals surface area (Å²) in [6.45, 7) is 10.1. The number of carbonyl (C=O) groups excluding carboxylic acids is 2. The molecule has 1 aliphatic rings. The third-order valence-electron chi connectivity index (χ3n) is 5.83. The van der Waals surface area contributed by atoms with Gasteiger partial charge in [-0.3, -0.25) is 0 Å². The number of anilines is 1. The summed E-state index contributed by atoms with van der Waals surface area (Å²) in [7, 11) is 0. The fourth-order valence-corrected chi connectivity index (χ4v) is 5.20. The number of aryl methyl sites for hydroxylation is 1. The van der Waals surface area contributed by atoms with Gasteiger partial charge in [-0.2, -0.15) is 5.26 Å². The highest BCUT2D eigenvalue weighted by molar-refractivity contribution is 7.99. The second-order valence-electron chi connectivity index (χ2n) is 9.90. The Hall–Kier alpha value is -2.74. The number of carbonyl (C=O) groups is 2. The number of ether oxygens (including phenoxy) is 2. The van der Waals surface area contributed by atoms with Gasteiger partial charge >= 0.3 is 12.1 Å². The van der Waals surface area contributed by atoms with Crippen LogP contribution in [-0.4, -0.2) is 53.9 Å². The van der Waals surface area contributed by atoms with Crippen molar-refractivity contribution in [2.24, 2.45) is 5.41 Å². The fraction of sp³-hybridized carbons (Fsp3) is 0.500. The van der Waals surface area contributed by atoms with Crippen molar-refractivity contribution in [1.82, 2.24) is 15.3 Å². The maximum Gasteiger partial charge on any atom is 0.407 e. The Bertz CT molecular complexity index is 1240. The molecular weight excluding hydrogens is 549 g/mol. The first-order valence-corrected chi connectivity index (χ1v) is 13.8. The maximum absolute atomic E-state index is 12.9. The van der Waals surface area contributed by atoms with Gasteiger partial charge in [0.05, 0.1) is 33.8 Å². The van der Waals surface area contributed by atoms with Gasteiger partial charge < -0.3 is 19.7 Å². The van der Waals surface area contributed by atoms with E-state index >= 15 is 0 Å². The molecule has 0 atom stereocenters. The van der Waals surface area contributed by atoms with Crippen molar-refractivity contribution in [1.29, 1.82) is 5.26 Å². The van der Waals surface area contributed by atoms with Crippen LogP contribution in [0, 0.1) is 23.7 Å². The lowest BCUT2D eigenvalue weighted by atomic mass is 9.79. The van der Waals surface area contributed by atoms with Gasteiger partial charge in [-0.05, 0) is 59.6 Å². The zero-order valence-electron chi connectivity index (χ0n) is 22.1. The van der Waals surface area contributed by atoms with Crippen LogP contribution in [0.4, 0.5) is 10.6 Å². The van der Waals surface area contributed by atoms with E-state index in [-0.39, 0.29) is 18.8 Å². The summed E-state index contributed by atoms with van der Waals surface area (Å²) in [5, 5.41) is 14.0. The zero-order valence-corrected chi connectivity index (χ0v) is 24.4. The molecule has 0 saturated carbocycles. The Morgan fingerprint density at radius 3 is 2.53 bits per heavy atom. The number of hydrogen-bond acceptors (Lipinski definition) is 9. The lowest BCUT2D eigenvalue weighted by Crippen LogP contribution is -2.47. The molecule has 3 rings (SSSR count). The second-order valence-corrected chi connectivity index (χ2v) is 11.7. The first kappa shape index (κ1) is 29.8. The summed E-state index contributed by atoms with van der Waals surface area (Å²) in [5.74, 6) is -0.188. The van der Waals surface area contributed by atoms with E-state index in [0.717, 1.165) is 0 Å². The highest BCUT2D eigenvalue weighted by Crippen LogP contribution is 2.39. The number of benzene rings is 1. The Morgan fingerprint density at radius 1 is 1.24 bits per heavy atom. The smallest absolute Gasteiger partial charge is 0.407 e. The minimum atomic E-state index is -0.765. The van der Waals surface area contributed by atoms with E-state index in [4.69, 9.17) is 37.7 Å². The molecule has 0 radical (unpaired) electrons. The van der Waals surface area contributed by atoms with Crippen LogP contribution >= 0.6 is 35.0 Å². The standard InChI is InChI=1S/C26H31Cl2N5O4S/c1-6-36-23(34)20-21(31-16(2)22(32-20)38-18-9-7-8-17(27)19(18)28)33-12-10-26(14-29,11-13-33)15-30-24(35)37-25(3,4)5/h7-9H,6,10-13,15H2,1-5H3,(H,30,35). The van der Waals surface area contributed by atoms with Crippen LogP contribution in [0.2, 0.25) is 10.0 Å². The number of rotatable bonds is 7. The molecule has 0 bridgehead atoms. The number of aromatic nitrogens is 2. The molecule has 204 valence electrons. The van der Waals surface area contributed by atoms with Crippen LogP contribution in [0.15, 0.2) is 28.1 Å². The Kier molecular flexibility index (Phi) is 9.74. The van der Waals surface area contributed by atoms with E-state index in [1.165, 1.54) is 11.8 Å². The van der Waals surface area contributed by atoms with Gasteiger partial charge in [0.1, 0.15) is 10.6 Å². The highest BCUT2D eigenvalue weighted by atomic mass is 35.5. The Labute approximate surface area is 237 Å². The average molecular weight is 581 g/mol. The lowest BCUT2D eigenvalue weighted by Gasteiger charge is -2.38. The molecule has 0 spiro atoms. The average Bonchev–Trinajstić information content (AvgIpc) is 2.86. The van der Waals surface area contributed by atoms with Crippen molar-refractivity contribution in [2.45, 2.75) is 63.0 Å². The van der Waals surface area contributed by atoms with Crippen LogP contribution in [-0.2, 0) is 9.47 Å². The van der Waals surface area contributed by atoms with Crippen LogP contribution < -0.4 is 10.2 Å². The van der Waals surface area contributed by atoms with E-state index in [2.05, 4.69) is 16.4 Å². The Morgan fingerprint density at radius 2 is 1.92 bits per heavy atom. The molecule has 1 fully saturated rings. The normalized spacial score (nSPS) is 14.9. The number of nitrogens with one attached hydrogen (secondary N) is 1. The van der Waals surface area contributed by atoms with Crippen molar-refractivity contribution in [3.05, 3.63) is 39.6 Å². The van der Waals surface area contributed by atoms with E-state index in [1.807, 2.05) is 11.0 Å². The predicted octanol–water partition coefficient (Wildman–Crippen LogP) is 6.05. The molecule has 1 aromatic carbocycles. The van der Waals surface area contributed by atoms with Crippen LogP contribution in [0.25, 0.3) is 0 Å². The van der Waals surface area contributed by atoms with E-state index in [9.17, 15) is 14.9 Å². The molecule has 0 unspecified atom stereocenters. The quantitative estimate of drug-likeness (QED) is 0.390. The predicted molar refractivity (Wildman–Crippen MR) is 147 cm³/mol. The summed E-state index contributed by atoms with van der Waals surface area (Å²) >= 11 is 13.8. The molecule has 2 heterocycles. The monoisotopic (exact) mass is 579 g/mol. The van der Waals surface area contributed by atoms with Crippen LogP contribution in [0.5, 0.6) is 0 Å². The van der Waals surface area contributed by atoms with Gasteiger partial charge in [-0.1, -0.05) is 41.0 Å². The van der Waals surface area contributed by atoms with Gasteiger partial charge in [0.15, 0.2) is 11.5 Å². The number of hydrogen-bond donors (Lipinski definition) is 1. The zero-order chi connectivity index (χ0) is 28.1. The molecule has 1 saturated heterocycles. The number of halogens is 2. The number of nitrogens with zero attached hydrogens (tertiary/aromatic N) is 4. The van der Waals surface area contributed by atoms with Gasteiger partial charge in [-0.25, -0.2) is 19.6 Å². The van der Waals surface area contributed by atoms with Crippen LogP contribution in [0.3, 0.4) is 0 Å². The summed E-state index contributed by atoms with van der Waals surface area (Å²) < 4.78 is 10.6. The van der Waals surface area contributed by atoms with E-state index < -0.39 is 23.1 Å². The van der Waals surface area contributed by atoms with E-state index in [1.54, 1.807) is 46.8 Å². The molecule has 1 aromatic heterocycles. The van der Waals surface area contributed by atoms with Gasteiger partial charge in [0.25, 0.3) is 0 Å². The summed E-state index contributed by atoms with van der Waals surface area (Å²) in [6, 6.07) is 7.67. The highest BCUT2D eigenvalue weighted by Gasteiger charge is 2.37. The largest absolute Gasteiger partial charge is 0.461 e. The number of alkyl carbamates (subject to hydrolysis) is 1. The molecule has 1 amide bonds. The van der Waals surface area contributed by atoms with Crippen LogP contribution in [0.1, 0.15) is 56.7 Å². The lowest BCUT2D eigenvalue weighted by molar-refractivity contribution is 0.0497. The van der Waals surface area contributed by atoms with E-state index in [0.29, 0.717) is 57.4 Å². The first-order chi connectivity index (χ1) is 17.9. The molecular formula is C26H31Cl2N5O4S. The van der Waals surface area contributed by atoms with Crippen molar-refractivity contribution in [2.75, 3.05) is 31.1 Å². The number of piperidine rings is 1. The number of nitriles is 1. The SMILES string of the molecule is CCOC(=O)c1nc(Sc2cccc(Cl)c2Cl)c(C)nc1N1CCC(C#N)(CNC(=O)OC(C)(C)C)CC1. The second kappa shape index (κ2) is 12.4. The van der Waals surface area contributed by atoms with Gasteiger partial charge in [0, 0.05) is 24.5 Å². The van der Waals surface area contributed by atoms with Gasteiger partial charge in [-0.15, -0.1) is 0 Å². The molecule has 1 N–H and O–H groups in total. The first-order valence-electron chi connectivity index (χ1n) is 12.2. The number of amides is 1. The fourth-order valence-electron chi connectivity index (χ4n) is 3.84. The molecule has 38 heavy (non-hydrogen) atoms. The van der Waals surface area contributed by atoms with Crippen molar-refractivity contribution < 1.29 is 19.1 Å². The summed E-state index contributed by atoms with van der Waals surface area (Å²) in [5.41, 5.74) is -0.693. The summed E-state index contributed by atoms with van der Waals surface area (Å²) in [4.78, 5) is 37.0. The van der Waals surface area contributed by atoms with Crippen molar-refractivity contribution >= 4 is 52.8 Å². The molecule has 0 aliphatic carbocycles. The Balaban J connectivity index is 1.82. The summed E-state index contributed by atoms with van der Waals surface area (Å²) in [6.07, 6.45) is 0.349. The maximum atomic E-state index is 12.9. The van der Waals surface area contributed by atoms with Gasteiger partial charge in [0.2, 0.25) is 0 Å².